The first kappa shape index (κ1) is 27.8. The number of esters is 2. The number of benzene rings is 1. The lowest BCUT2D eigenvalue weighted by atomic mass is 9.70. The van der Waals surface area contributed by atoms with E-state index >= 15 is 0 Å². The number of carbonyl (C=O) groups excluding carboxylic acids is 3. The molecule has 1 aliphatic rings. The molecule has 1 amide bonds. The van der Waals surface area contributed by atoms with Gasteiger partial charge in [0.05, 0.1) is 19.3 Å². The van der Waals surface area contributed by atoms with Crippen LogP contribution in [0.25, 0.3) is 0 Å². The fraction of sp³-hybridized carbons (Fsp3) is 0.667. The molecule has 0 aromatic heterocycles. The van der Waals surface area contributed by atoms with Gasteiger partial charge in [-0.25, -0.2) is 9.59 Å². The van der Waals surface area contributed by atoms with E-state index in [1.54, 1.807) is 13.8 Å². The van der Waals surface area contributed by atoms with Gasteiger partial charge in [0.15, 0.2) is 0 Å². The maximum absolute atomic E-state index is 13.1. The van der Waals surface area contributed by atoms with Crippen LogP contribution in [0.3, 0.4) is 0 Å². The van der Waals surface area contributed by atoms with E-state index in [0.717, 1.165) is 18.4 Å². The Hall–Kier alpha value is -2.41. The van der Waals surface area contributed by atoms with Crippen LogP contribution in [0, 0.1) is 5.92 Å². The molecule has 0 saturated heterocycles. The molecule has 1 aromatic rings. The zero-order valence-corrected chi connectivity index (χ0v) is 21.2. The van der Waals surface area contributed by atoms with Gasteiger partial charge in [-0.1, -0.05) is 57.2 Å². The second-order valence-electron chi connectivity index (χ2n) is 9.07. The zero-order chi connectivity index (χ0) is 25.1. The van der Waals surface area contributed by atoms with Gasteiger partial charge < -0.3 is 19.9 Å². The zero-order valence-electron chi connectivity index (χ0n) is 21.2. The van der Waals surface area contributed by atoms with Crippen molar-refractivity contribution < 1.29 is 29.0 Å². The number of hydrogen-bond donors (Lipinski definition) is 2. The maximum atomic E-state index is 13.1. The topological polar surface area (TPSA) is 102 Å². The number of aryl methyl sites for hydroxylation is 2. The van der Waals surface area contributed by atoms with Gasteiger partial charge in [-0.2, -0.15) is 0 Å². The molecule has 1 aromatic carbocycles. The second-order valence-corrected chi connectivity index (χ2v) is 9.07. The molecular weight excluding hydrogens is 434 g/mol. The summed E-state index contributed by atoms with van der Waals surface area (Å²) >= 11 is 0. The monoisotopic (exact) mass is 475 g/mol. The molecule has 0 aliphatic heterocycles. The van der Waals surface area contributed by atoms with Crippen molar-refractivity contribution in [3.8, 4) is 0 Å². The van der Waals surface area contributed by atoms with Crippen LogP contribution in [-0.4, -0.2) is 41.7 Å². The molecular formula is C27H41NO6. The number of fused-ring (bicyclic) bond motifs is 1. The third-order valence-electron chi connectivity index (χ3n) is 6.58. The SMILES string of the molecule is CCCCCCCCc1ccc2c(c1)CCC(C(NC(C)=O)(C(=O)OCC)C(=O)OCC)C2O. The first-order chi connectivity index (χ1) is 16.3. The fourth-order valence-corrected chi connectivity index (χ4v) is 4.92. The van der Waals surface area contributed by atoms with Crippen LogP contribution in [0.5, 0.6) is 0 Å². The first-order valence-electron chi connectivity index (χ1n) is 12.7. The molecule has 190 valence electrons. The highest BCUT2D eigenvalue weighted by Crippen LogP contribution is 2.42. The summed E-state index contributed by atoms with van der Waals surface area (Å²) in [5.74, 6) is -3.30. The van der Waals surface area contributed by atoms with Crippen LogP contribution in [0.1, 0.15) is 95.4 Å². The molecule has 2 rings (SSSR count). The summed E-state index contributed by atoms with van der Waals surface area (Å²) < 4.78 is 10.4. The highest BCUT2D eigenvalue weighted by molar-refractivity contribution is 6.08. The van der Waals surface area contributed by atoms with Crippen molar-refractivity contribution in [2.75, 3.05) is 13.2 Å². The molecule has 0 saturated carbocycles. The summed E-state index contributed by atoms with van der Waals surface area (Å²) in [7, 11) is 0. The number of unbranched alkanes of at least 4 members (excludes halogenated alkanes) is 5. The Kier molecular flexibility index (Phi) is 11.0. The van der Waals surface area contributed by atoms with Crippen molar-refractivity contribution >= 4 is 17.8 Å². The number of aliphatic hydroxyl groups is 1. The summed E-state index contributed by atoms with van der Waals surface area (Å²) in [5, 5.41) is 13.8. The van der Waals surface area contributed by atoms with E-state index in [0.29, 0.717) is 18.4 Å². The number of carbonyl (C=O) groups is 3. The Bertz CT molecular complexity index is 818. The molecule has 1 aliphatic carbocycles. The van der Waals surface area contributed by atoms with Gasteiger partial charge in [-0.05, 0) is 56.2 Å². The van der Waals surface area contributed by atoms with E-state index in [1.807, 2.05) is 12.1 Å². The minimum absolute atomic E-state index is 0.0286. The minimum Gasteiger partial charge on any atom is -0.464 e. The van der Waals surface area contributed by atoms with Gasteiger partial charge in [0, 0.05) is 12.8 Å². The van der Waals surface area contributed by atoms with Crippen LogP contribution >= 0.6 is 0 Å². The van der Waals surface area contributed by atoms with Crippen LogP contribution < -0.4 is 5.32 Å². The Balaban J connectivity index is 2.28. The van der Waals surface area contributed by atoms with Gasteiger partial charge in [-0.3, -0.25) is 4.79 Å². The molecule has 2 N–H and O–H groups in total. The largest absolute Gasteiger partial charge is 0.464 e. The average molecular weight is 476 g/mol. The lowest BCUT2D eigenvalue weighted by Crippen LogP contribution is -2.67. The Morgan fingerprint density at radius 3 is 2.21 bits per heavy atom. The van der Waals surface area contributed by atoms with Gasteiger partial charge in [0.25, 0.3) is 0 Å². The lowest BCUT2D eigenvalue weighted by molar-refractivity contribution is -0.175. The maximum Gasteiger partial charge on any atom is 0.344 e. The van der Waals surface area contributed by atoms with E-state index in [2.05, 4.69) is 18.3 Å². The number of rotatable bonds is 13. The van der Waals surface area contributed by atoms with E-state index < -0.39 is 35.4 Å². The molecule has 34 heavy (non-hydrogen) atoms. The van der Waals surface area contributed by atoms with Crippen LogP contribution in [0.4, 0.5) is 0 Å². The van der Waals surface area contributed by atoms with Gasteiger partial charge >= 0.3 is 11.9 Å². The molecule has 0 radical (unpaired) electrons. The Labute approximate surface area is 203 Å². The summed E-state index contributed by atoms with van der Waals surface area (Å²) in [6.45, 7) is 6.75. The predicted molar refractivity (Wildman–Crippen MR) is 130 cm³/mol. The Morgan fingerprint density at radius 1 is 1.00 bits per heavy atom. The van der Waals surface area contributed by atoms with E-state index in [4.69, 9.17) is 9.47 Å². The lowest BCUT2D eigenvalue weighted by Gasteiger charge is -2.41. The fourth-order valence-electron chi connectivity index (χ4n) is 4.92. The number of hydrogen-bond acceptors (Lipinski definition) is 6. The third-order valence-corrected chi connectivity index (χ3v) is 6.58. The van der Waals surface area contributed by atoms with Crippen molar-refractivity contribution in [2.45, 2.75) is 97.1 Å². The number of aliphatic hydroxyl groups excluding tert-OH is 1. The first-order valence-corrected chi connectivity index (χ1v) is 12.7. The van der Waals surface area contributed by atoms with Crippen molar-refractivity contribution in [2.24, 2.45) is 5.92 Å². The highest BCUT2D eigenvalue weighted by atomic mass is 16.6. The van der Waals surface area contributed by atoms with Crippen molar-refractivity contribution in [3.63, 3.8) is 0 Å². The van der Waals surface area contributed by atoms with Gasteiger partial charge in [0.2, 0.25) is 11.4 Å². The minimum atomic E-state index is -2.11. The molecule has 2 atom stereocenters. The summed E-state index contributed by atoms with van der Waals surface area (Å²) in [6.07, 6.45) is 8.16. The summed E-state index contributed by atoms with van der Waals surface area (Å²) in [6, 6.07) is 6.01. The quantitative estimate of drug-likeness (QED) is 0.252. The predicted octanol–water partition coefficient (Wildman–Crippen LogP) is 4.19. The molecule has 7 nitrogen and oxygen atoms in total. The Morgan fingerprint density at radius 2 is 1.62 bits per heavy atom. The van der Waals surface area contributed by atoms with E-state index in [9.17, 15) is 19.5 Å². The number of amides is 1. The third kappa shape index (κ3) is 6.59. The van der Waals surface area contributed by atoms with E-state index in [1.165, 1.54) is 44.6 Å². The second kappa shape index (κ2) is 13.5. The number of nitrogens with one attached hydrogen (secondary N) is 1. The molecule has 7 heteroatoms. The number of ether oxygens (including phenoxy) is 2. The molecule has 0 spiro atoms. The molecule has 0 heterocycles. The standard InChI is InChI=1S/C27H41NO6/c1-5-8-9-10-11-12-13-20-14-16-22-21(18-20)15-17-23(24(22)30)27(28-19(4)29,25(31)33-6-2)26(32)34-7-3/h14,16,18,23-24,30H,5-13,15,17H2,1-4H3,(H,28,29). The molecule has 2 unspecified atom stereocenters. The highest BCUT2D eigenvalue weighted by Gasteiger charge is 2.59. The summed E-state index contributed by atoms with van der Waals surface area (Å²) in [4.78, 5) is 38.3. The van der Waals surface area contributed by atoms with Gasteiger partial charge in [-0.15, -0.1) is 0 Å². The molecule has 0 fully saturated rings. The normalized spacial score (nSPS) is 17.6. The van der Waals surface area contributed by atoms with Crippen molar-refractivity contribution in [3.05, 3.63) is 34.9 Å². The summed E-state index contributed by atoms with van der Waals surface area (Å²) in [5.41, 5.74) is 0.804. The van der Waals surface area contributed by atoms with Crippen molar-refractivity contribution in [1.82, 2.24) is 5.32 Å². The van der Waals surface area contributed by atoms with Crippen LogP contribution in [-0.2, 0) is 36.7 Å². The smallest absolute Gasteiger partial charge is 0.344 e. The van der Waals surface area contributed by atoms with E-state index in [-0.39, 0.29) is 13.2 Å². The molecule has 0 bridgehead atoms. The van der Waals surface area contributed by atoms with Crippen LogP contribution in [0.15, 0.2) is 18.2 Å². The van der Waals surface area contributed by atoms with Crippen molar-refractivity contribution in [1.29, 1.82) is 0 Å². The average Bonchev–Trinajstić information content (AvgIpc) is 2.80. The van der Waals surface area contributed by atoms with Crippen LogP contribution in [0.2, 0.25) is 0 Å². The van der Waals surface area contributed by atoms with Gasteiger partial charge in [0.1, 0.15) is 0 Å².